The number of fused-ring (bicyclic) bond motifs is 1. The summed E-state index contributed by atoms with van der Waals surface area (Å²) in [6, 6.07) is 12.7. The van der Waals surface area contributed by atoms with Gasteiger partial charge >= 0.3 is 5.97 Å². The number of likely N-dealkylation sites (tertiary alicyclic amines) is 1. The normalized spacial score (nSPS) is 16.9. The first kappa shape index (κ1) is 24.0. The van der Waals surface area contributed by atoms with Gasteiger partial charge in [0.05, 0.1) is 26.5 Å². The van der Waals surface area contributed by atoms with Gasteiger partial charge in [0.15, 0.2) is 0 Å². The number of hydrogen-bond donors (Lipinski definition) is 0. The first-order valence-corrected chi connectivity index (χ1v) is 13.1. The number of hydrogen-bond acceptors (Lipinski definition) is 4. The molecule has 0 radical (unpaired) electrons. The fourth-order valence-electron chi connectivity index (χ4n) is 4.43. The maximum absolute atomic E-state index is 13.6. The fraction of sp³-hybridized carbons (Fsp3) is 0.462. The van der Waals surface area contributed by atoms with Gasteiger partial charge in [0.2, 0.25) is 0 Å². The zero-order valence-corrected chi connectivity index (χ0v) is 22.1. The number of rotatable bonds is 5. The molecule has 3 aromatic rings. The number of amides is 1. The van der Waals surface area contributed by atoms with Crippen molar-refractivity contribution >= 4 is 49.4 Å². The molecule has 3 heterocycles. The molecule has 1 atom stereocenters. The van der Waals surface area contributed by atoms with E-state index in [1.54, 1.807) is 11.3 Å². The summed E-state index contributed by atoms with van der Waals surface area (Å²) in [6.45, 7) is 10.5. The molecular weight excluding hydrogens is 500 g/mol. The SMILES string of the molecule is CCOC(=O)[C@@H]1CCCN(C(=O)c2cc3sc(Br)cc3n2Cc2ccc(C(C)(C)C)cc2)C1. The van der Waals surface area contributed by atoms with E-state index in [9.17, 15) is 9.59 Å². The summed E-state index contributed by atoms with van der Waals surface area (Å²) >= 11 is 5.22. The van der Waals surface area contributed by atoms with Crippen LogP contribution in [-0.2, 0) is 21.5 Å². The molecule has 1 fully saturated rings. The van der Waals surface area contributed by atoms with Gasteiger partial charge < -0.3 is 14.2 Å². The summed E-state index contributed by atoms with van der Waals surface area (Å²) in [4.78, 5) is 27.7. The second-order valence-corrected chi connectivity index (χ2v) is 12.2. The molecule has 5 nitrogen and oxygen atoms in total. The van der Waals surface area contributed by atoms with Gasteiger partial charge in [-0.15, -0.1) is 11.3 Å². The lowest BCUT2D eigenvalue weighted by Crippen LogP contribution is -2.43. The molecule has 0 aliphatic carbocycles. The second kappa shape index (κ2) is 9.63. The third kappa shape index (κ3) is 5.19. The molecule has 1 amide bonds. The molecule has 1 aliphatic rings. The van der Waals surface area contributed by atoms with Crippen LogP contribution < -0.4 is 0 Å². The Hall–Kier alpha value is -2.12. The monoisotopic (exact) mass is 530 g/mol. The van der Waals surface area contributed by atoms with Gasteiger partial charge in [-0.05, 0) is 64.4 Å². The minimum Gasteiger partial charge on any atom is -0.466 e. The molecule has 1 aliphatic heterocycles. The third-order valence-corrected chi connectivity index (χ3v) is 7.84. The van der Waals surface area contributed by atoms with Crippen LogP contribution in [0, 0.1) is 5.92 Å². The van der Waals surface area contributed by atoms with E-state index in [0.29, 0.717) is 31.9 Å². The van der Waals surface area contributed by atoms with E-state index < -0.39 is 0 Å². The van der Waals surface area contributed by atoms with E-state index in [1.807, 2.05) is 17.9 Å². The highest BCUT2D eigenvalue weighted by Gasteiger charge is 2.31. The Morgan fingerprint density at radius 1 is 1.18 bits per heavy atom. The van der Waals surface area contributed by atoms with Crippen molar-refractivity contribution in [3.05, 3.63) is 57.0 Å². The predicted octanol–water partition coefficient (Wildman–Crippen LogP) is 6.23. The number of esters is 1. The summed E-state index contributed by atoms with van der Waals surface area (Å²) < 4.78 is 9.45. The Morgan fingerprint density at radius 2 is 1.91 bits per heavy atom. The highest BCUT2D eigenvalue weighted by atomic mass is 79.9. The lowest BCUT2D eigenvalue weighted by Gasteiger charge is -2.31. The topological polar surface area (TPSA) is 51.5 Å². The van der Waals surface area contributed by atoms with E-state index in [4.69, 9.17) is 4.74 Å². The number of benzene rings is 1. The van der Waals surface area contributed by atoms with Gasteiger partial charge in [-0.3, -0.25) is 9.59 Å². The average Bonchev–Trinajstić information content (AvgIpc) is 3.30. The van der Waals surface area contributed by atoms with Crippen LogP contribution in [0.4, 0.5) is 0 Å². The Bertz CT molecular complexity index is 1160. The van der Waals surface area contributed by atoms with Crippen LogP contribution in [0.5, 0.6) is 0 Å². The molecular formula is C26H31BrN2O3S. The molecule has 4 rings (SSSR count). The summed E-state index contributed by atoms with van der Waals surface area (Å²) in [5, 5.41) is 0. The molecule has 0 spiro atoms. The van der Waals surface area contributed by atoms with Crippen LogP contribution in [-0.4, -0.2) is 41.0 Å². The van der Waals surface area contributed by atoms with E-state index >= 15 is 0 Å². The summed E-state index contributed by atoms with van der Waals surface area (Å²) in [6.07, 6.45) is 1.58. The van der Waals surface area contributed by atoms with Crippen molar-refractivity contribution in [1.82, 2.24) is 9.47 Å². The number of halogens is 1. The molecule has 33 heavy (non-hydrogen) atoms. The Labute approximate surface area is 207 Å². The molecule has 7 heteroatoms. The zero-order chi connectivity index (χ0) is 23.8. The molecule has 0 saturated carbocycles. The van der Waals surface area contributed by atoms with Gasteiger partial charge in [-0.2, -0.15) is 0 Å². The summed E-state index contributed by atoms with van der Waals surface area (Å²) in [7, 11) is 0. The highest BCUT2D eigenvalue weighted by molar-refractivity contribution is 9.11. The van der Waals surface area contributed by atoms with Crippen LogP contribution >= 0.6 is 27.3 Å². The number of thiophene rings is 1. The minimum absolute atomic E-state index is 0.0187. The van der Waals surface area contributed by atoms with Crippen molar-refractivity contribution in [1.29, 1.82) is 0 Å². The molecule has 0 bridgehead atoms. The lowest BCUT2D eigenvalue weighted by molar-refractivity contribution is -0.149. The summed E-state index contributed by atoms with van der Waals surface area (Å²) in [5.41, 5.74) is 4.27. The maximum Gasteiger partial charge on any atom is 0.310 e. The predicted molar refractivity (Wildman–Crippen MR) is 137 cm³/mol. The van der Waals surface area contributed by atoms with Gasteiger partial charge in [-0.25, -0.2) is 0 Å². The van der Waals surface area contributed by atoms with Crippen LogP contribution in [0.15, 0.2) is 40.2 Å². The van der Waals surface area contributed by atoms with Crippen molar-refractivity contribution in [3.8, 4) is 0 Å². The molecule has 0 N–H and O–H groups in total. The molecule has 0 unspecified atom stereocenters. The van der Waals surface area contributed by atoms with Crippen LogP contribution in [0.3, 0.4) is 0 Å². The van der Waals surface area contributed by atoms with Crippen LogP contribution in [0.25, 0.3) is 10.2 Å². The standard InChI is InChI=1S/C26H31BrN2O3S/c1-5-32-25(31)18-7-6-12-28(16-18)24(30)21-13-22-20(14-23(27)33-22)29(21)15-17-8-10-19(11-9-17)26(2,3)4/h8-11,13-14,18H,5-7,12,15-16H2,1-4H3/t18-/m1/s1. The molecule has 176 valence electrons. The number of carbonyl (C=O) groups excluding carboxylic acids is 2. The number of carbonyl (C=O) groups is 2. The third-order valence-electron chi connectivity index (χ3n) is 6.27. The molecule has 1 aromatic carbocycles. The van der Waals surface area contributed by atoms with Gasteiger partial charge in [-0.1, -0.05) is 45.0 Å². The van der Waals surface area contributed by atoms with Crippen molar-refractivity contribution < 1.29 is 14.3 Å². The highest BCUT2D eigenvalue weighted by Crippen LogP contribution is 2.34. The first-order chi connectivity index (χ1) is 15.7. The quantitative estimate of drug-likeness (QED) is 0.367. The Morgan fingerprint density at radius 3 is 2.58 bits per heavy atom. The minimum atomic E-state index is -0.244. The van der Waals surface area contributed by atoms with Crippen molar-refractivity contribution in [2.75, 3.05) is 19.7 Å². The number of nitrogens with zero attached hydrogens (tertiary/aromatic N) is 2. The number of piperidine rings is 1. The Balaban J connectivity index is 1.63. The van der Waals surface area contributed by atoms with E-state index in [2.05, 4.69) is 71.6 Å². The fourth-order valence-corrected chi connectivity index (χ4v) is 5.99. The second-order valence-electron chi connectivity index (χ2n) is 9.71. The first-order valence-electron chi connectivity index (χ1n) is 11.5. The lowest BCUT2D eigenvalue weighted by atomic mass is 9.87. The van der Waals surface area contributed by atoms with Crippen molar-refractivity contribution in [2.24, 2.45) is 5.92 Å². The van der Waals surface area contributed by atoms with Gasteiger partial charge in [0, 0.05) is 19.6 Å². The van der Waals surface area contributed by atoms with Crippen LogP contribution in [0.2, 0.25) is 0 Å². The van der Waals surface area contributed by atoms with Crippen LogP contribution in [0.1, 0.15) is 62.2 Å². The van der Waals surface area contributed by atoms with Gasteiger partial charge in [0.25, 0.3) is 5.91 Å². The zero-order valence-electron chi connectivity index (χ0n) is 19.7. The average molecular weight is 532 g/mol. The van der Waals surface area contributed by atoms with E-state index in [0.717, 1.165) is 32.4 Å². The largest absolute Gasteiger partial charge is 0.466 e. The summed E-state index contributed by atoms with van der Waals surface area (Å²) in [5.74, 6) is -0.463. The van der Waals surface area contributed by atoms with Crippen molar-refractivity contribution in [2.45, 2.75) is 52.5 Å². The van der Waals surface area contributed by atoms with Gasteiger partial charge in [0.1, 0.15) is 5.69 Å². The van der Waals surface area contributed by atoms with E-state index in [-0.39, 0.29) is 23.2 Å². The molecule has 1 saturated heterocycles. The molecule has 2 aromatic heterocycles. The van der Waals surface area contributed by atoms with Crippen molar-refractivity contribution in [3.63, 3.8) is 0 Å². The Kier molecular flexibility index (Phi) is 7.01. The smallest absolute Gasteiger partial charge is 0.310 e. The maximum atomic E-state index is 13.6. The number of aromatic nitrogens is 1. The van der Waals surface area contributed by atoms with E-state index in [1.165, 1.54) is 5.56 Å². The number of ether oxygens (including phenoxy) is 1.